The summed E-state index contributed by atoms with van der Waals surface area (Å²) in [7, 11) is 0. The molecule has 0 saturated carbocycles. The van der Waals surface area contributed by atoms with Gasteiger partial charge in [-0.05, 0) is 25.1 Å². The number of aromatic amines is 1. The largest absolute Gasteiger partial charge is 0.318 e. The van der Waals surface area contributed by atoms with Gasteiger partial charge in [-0.3, -0.25) is 5.10 Å². The van der Waals surface area contributed by atoms with E-state index in [2.05, 4.69) is 29.3 Å². The van der Waals surface area contributed by atoms with Gasteiger partial charge in [0.2, 0.25) is 0 Å². The van der Waals surface area contributed by atoms with Gasteiger partial charge >= 0.3 is 0 Å². The number of aromatic nitrogens is 2. The Balaban J connectivity index is 2.28. The molecule has 3 nitrogen and oxygen atoms in total. The molecule has 0 spiro atoms. The predicted molar refractivity (Wildman–Crippen MR) is 53.7 cm³/mol. The SMILES string of the molecule is Cc1ccc(C(N)c2ccn[nH]2)s1. The minimum atomic E-state index is -0.0683. The van der Waals surface area contributed by atoms with Gasteiger partial charge in [0.25, 0.3) is 0 Å². The second kappa shape index (κ2) is 3.32. The zero-order chi connectivity index (χ0) is 9.26. The third-order valence-corrected chi connectivity index (χ3v) is 3.01. The molecule has 1 atom stereocenters. The van der Waals surface area contributed by atoms with Crippen LogP contribution in [0.25, 0.3) is 0 Å². The maximum atomic E-state index is 6.01. The third kappa shape index (κ3) is 1.64. The molecule has 0 amide bonds. The Morgan fingerprint density at radius 1 is 1.46 bits per heavy atom. The Morgan fingerprint density at radius 3 is 2.85 bits per heavy atom. The van der Waals surface area contributed by atoms with Crippen LogP contribution in [0.4, 0.5) is 0 Å². The maximum Gasteiger partial charge on any atom is 0.0814 e. The highest BCUT2D eigenvalue weighted by molar-refractivity contribution is 7.12. The quantitative estimate of drug-likeness (QED) is 0.764. The van der Waals surface area contributed by atoms with E-state index in [-0.39, 0.29) is 6.04 Å². The van der Waals surface area contributed by atoms with Crippen molar-refractivity contribution in [3.8, 4) is 0 Å². The summed E-state index contributed by atoms with van der Waals surface area (Å²) in [5.41, 5.74) is 6.97. The molecule has 0 aliphatic carbocycles. The van der Waals surface area contributed by atoms with Crippen LogP contribution in [-0.4, -0.2) is 10.2 Å². The molecule has 0 aliphatic rings. The second-order valence-corrected chi connectivity index (χ2v) is 4.26. The van der Waals surface area contributed by atoms with Gasteiger partial charge in [-0.15, -0.1) is 11.3 Å². The van der Waals surface area contributed by atoms with E-state index < -0.39 is 0 Å². The molecule has 0 aliphatic heterocycles. The fraction of sp³-hybridized carbons (Fsp3) is 0.222. The van der Waals surface area contributed by atoms with Crippen molar-refractivity contribution in [3.05, 3.63) is 39.8 Å². The van der Waals surface area contributed by atoms with E-state index in [1.54, 1.807) is 17.5 Å². The molecule has 0 saturated heterocycles. The van der Waals surface area contributed by atoms with Crippen molar-refractivity contribution in [2.75, 3.05) is 0 Å². The molecule has 13 heavy (non-hydrogen) atoms. The molecule has 2 aromatic rings. The van der Waals surface area contributed by atoms with Gasteiger partial charge in [0.1, 0.15) is 0 Å². The van der Waals surface area contributed by atoms with Gasteiger partial charge in [0, 0.05) is 16.0 Å². The fourth-order valence-electron chi connectivity index (χ4n) is 1.21. The zero-order valence-electron chi connectivity index (χ0n) is 7.32. The number of thiophene rings is 1. The van der Waals surface area contributed by atoms with Crippen molar-refractivity contribution in [1.82, 2.24) is 10.2 Å². The molecular formula is C9H11N3S. The van der Waals surface area contributed by atoms with Crippen molar-refractivity contribution < 1.29 is 0 Å². The molecule has 1 unspecified atom stereocenters. The van der Waals surface area contributed by atoms with Crippen molar-refractivity contribution in [1.29, 1.82) is 0 Å². The number of H-pyrrole nitrogens is 1. The average Bonchev–Trinajstić information content (AvgIpc) is 2.72. The predicted octanol–water partition coefficient (Wildman–Crippen LogP) is 1.83. The zero-order valence-corrected chi connectivity index (χ0v) is 8.14. The lowest BCUT2D eigenvalue weighted by Gasteiger charge is -2.05. The molecule has 0 fully saturated rings. The minimum Gasteiger partial charge on any atom is -0.318 e. The third-order valence-electron chi connectivity index (χ3n) is 1.93. The van der Waals surface area contributed by atoms with Crippen LogP contribution in [0.5, 0.6) is 0 Å². The Bertz CT molecular complexity index is 377. The van der Waals surface area contributed by atoms with Crippen LogP contribution in [0, 0.1) is 6.92 Å². The summed E-state index contributed by atoms with van der Waals surface area (Å²) >= 11 is 1.72. The van der Waals surface area contributed by atoms with Gasteiger partial charge < -0.3 is 5.73 Å². The van der Waals surface area contributed by atoms with Crippen molar-refractivity contribution in [3.63, 3.8) is 0 Å². The van der Waals surface area contributed by atoms with Gasteiger partial charge in [0.05, 0.1) is 11.7 Å². The van der Waals surface area contributed by atoms with E-state index in [9.17, 15) is 0 Å². The fourth-order valence-corrected chi connectivity index (χ4v) is 2.11. The summed E-state index contributed by atoms with van der Waals surface area (Å²) < 4.78 is 0. The van der Waals surface area contributed by atoms with E-state index in [1.165, 1.54) is 9.75 Å². The van der Waals surface area contributed by atoms with E-state index >= 15 is 0 Å². The summed E-state index contributed by atoms with van der Waals surface area (Å²) in [5.74, 6) is 0. The normalized spacial score (nSPS) is 13.1. The molecule has 68 valence electrons. The van der Waals surface area contributed by atoms with Crippen molar-refractivity contribution in [2.45, 2.75) is 13.0 Å². The second-order valence-electron chi connectivity index (χ2n) is 2.94. The molecular weight excluding hydrogens is 182 g/mol. The minimum absolute atomic E-state index is 0.0683. The first-order chi connectivity index (χ1) is 6.27. The molecule has 2 rings (SSSR count). The smallest absolute Gasteiger partial charge is 0.0814 e. The van der Waals surface area contributed by atoms with E-state index in [1.807, 2.05) is 6.07 Å². The van der Waals surface area contributed by atoms with Crippen LogP contribution >= 0.6 is 11.3 Å². The number of nitrogens with one attached hydrogen (secondary N) is 1. The summed E-state index contributed by atoms with van der Waals surface area (Å²) in [4.78, 5) is 2.45. The van der Waals surface area contributed by atoms with Crippen LogP contribution in [0.2, 0.25) is 0 Å². The number of rotatable bonds is 2. The molecule has 3 N–H and O–H groups in total. The first-order valence-electron chi connectivity index (χ1n) is 4.08. The van der Waals surface area contributed by atoms with Crippen molar-refractivity contribution in [2.24, 2.45) is 5.73 Å². The Labute approximate surface area is 80.6 Å². The number of hydrogen-bond donors (Lipinski definition) is 2. The number of nitrogens with two attached hydrogens (primary N) is 1. The monoisotopic (exact) mass is 193 g/mol. The summed E-state index contributed by atoms with van der Waals surface area (Å²) in [6.45, 7) is 2.08. The topological polar surface area (TPSA) is 54.7 Å². The van der Waals surface area contributed by atoms with Gasteiger partial charge in [0.15, 0.2) is 0 Å². The average molecular weight is 193 g/mol. The highest BCUT2D eigenvalue weighted by Crippen LogP contribution is 2.24. The molecule has 4 heteroatoms. The van der Waals surface area contributed by atoms with E-state index in [0.29, 0.717) is 0 Å². The lowest BCUT2D eigenvalue weighted by molar-refractivity contribution is 0.832. The molecule has 0 bridgehead atoms. The summed E-state index contributed by atoms with van der Waals surface area (Å²) in [6, 6.07) is 5.97. The Hall–Kier alpha value is -1.13. The molecule has 0 radical (unpaired) electrons. The maximum absolute atomic E-state index is 6.01. The van der Waals surface area contributed by atoms with Crippen LogP contribution in [0.1, 0.15) is 21.5 Å². The number of nitrogens with zero attached hydrogens (tertiary/aromatic N) is 1. The van der Waals surface area contributed by atoms with Gasteiger partial charge in [-0.25, -0.2) is 0 Å². The first kappa shape index (κ1) is 8.47. The lowest BCUT2D eigenvalue weighted by Crippen LogP contribution is -2.10. The summed E-state index contributed by atoms with van der Waals surface area (Å²) in [5, 5.41) is 6.75. The van der Waals surface area contributed by atoms with Gasteiger partial charge in [-0.2, -0.15) is 5.10 Å². The molecule has 2 heterocycles. The van der Waals surface area contributed by atoms with Crippen molar-refractivity contribution >= 4 is 11.3 Å². The highest BCUT2D eigenvalue weighted by atomic mass is 32.1. The lowest BCUT2D eigenvalue weighted by atomic mass is 10.2. The highest BCUT2D eigenvalue weighted by Gasteiger charge is 2.11. The van der Waals surface area contributed by atoms with Crippen LogP contribution in [-0.2, 0) is 0 Å². The van der Waals surface area contributed by atoms with E-state index in [4.69, 9.17) is 5.73 Å². The Morgan fingerprint density at radius 2 is 2.31 bits per heavy atom. The number of hydrogen-bond acceptors (Lipinski definition) is 3. The van der Waals surface area contributed by atoms with Crippen LogP contribution in [0.3, 0.4) is 0 Å². The standard InChI is InChI=1S/C9H11N3S/c1-6-2-3-8(13-6)9(10)7-4-5-11-12-7/h2-5,9H,10H2,1H3,(H,11,12). The molecule has 2 aromatic heterocycles. The van der Waals surface area contributed by atoms with E-state index in [0.717, 1.165) is 5.69 Å². The van der Waals surface area contributed by atoms with Crippen LogP contribution in [0.15, 0.2) is 24.4 Å². The van der Waals surface area contributed by atoms with Crippen LogP contribution < -0.4 is 5.73 Å². The Kier molecular flexibility index (Phi) is 2.16. The van der Waals surface area contributed by atoms with Gasteiger partial charge in [-0.1, -0.05) is 0 Å². The first-order valence-corrected chi connectivity index (χ1v) is 4.90. The molecule has 0 aromatic carbocycles. The summed E-state index contributed by atoms with van der Waals surface area (Å²) in [6.07, 6.45) is 1.72. The number of aryl methyl sites for hydroxylation is 1.